The molecule has 0 N–H and O–H groups in total. The number of para-hydroxylation sites is 1. The van der Waals surface area contributed by atoms with Crippen molar-refractivity contribution in [2.24, 2.45) is 0 Å². The van der Waals surface area contributed by atoms with Gasteiger partial charge in [-0.15, -0.1) is 0 Å². The summed E-state index contributed by atoms with van der Waals surface area (Å²) in [5, 5.41) is 5.25. The Morgan fingerprint density at radius 1 is 0.697 bits per heavy atom. The summed E-state index contributed by atoms with van der Waals surface area (Å²) in [4.78, 5) is 4.54. The van der Waals surface area contributed by atoms with Crippen LogP contribution in [0.3, 0.4) is 0 Å². The third-order valence-corrected chi connectivity index (χ3v) is 6.54. The average Bonchev–Trinajstić information content (AvgIpc) is 3.28. The van der Waals surface area contributed by atoms with Gasteiger partial charge in [0.05, 0.1) is 5.52 Å². The Labute approximate surface area is 199 Å². The molecule has 0 aliphatic carbocycles. The number of aryl methyl sites for hydroxylation is 2. The van der Waals surface area contributed by atoms with Gasteiger partial charge in [-0.1, -0.05) is 72.8 Å². The zero-order valence-corrected chi connectivity index (χ0v) is 17.5. The first-order chi connectivity index (χ1) is 18.6. The maximum atomic E-state index is 8.37. The standard InChI is InChI=1S/C31H21NO/c1-18-17-32-30-23-12-7-6-11-22(23)25-15-26-24-14-8-13-21(20-9-4-3-5-10-20)31(24)33-28(26)16-27(25)29(30)19(18)2/h3-17H,1-2H3/i1D3,2D3. The lowest BCUT2D eigenvalue weighted by Crippen LogP contribution is -1.91. The maximum Gasteiger partial charge on any atom is 0.143 e. The molecule has 2 aromatic heterocycles. The molecule has 7 aromatic rings. The molecule has 0 fully saturated rings. The van der Waals surface area contributed by atoms with Crippen LogP contribution in [0.2, 0.25) is 0 Å². The van der Waals surface area contributed by atoms with Crippen molar-refractivity contribution in [3.63, 3.8) is 0 Å². The first-order valence-electron chi connectivity index (χ1n) is 13.8. The molecule has 7 rings (SSSR count). The highest BCUT2D eigenvalue weighted by Gasteiger charge is 2.17. The minimum absolute atomic E-state index is 0.191. The first kappa shape index (κ1) is 13.4. The summed E-state index contributed by atoms with van der Waals surface area (Å²) >= 11 is 0. The second-order valence-electron chi connectivity index (χ2n) is 8.36. The van der Waals surface area contributed by atoms with Gasteiger partial charge in [-0.05, 0) is 58.7 Å². The molecular weight excluding hydrogens is 402 g/mol. The SMILES string of the molecule is [2H]C([2H])([2H])c1cnc2c3ccccc3c3cc4c(cc3c2c1C([2H])([2H])[2H])oc1c(-c2ccccc2)cccc14. The number of pyridine rings is 1. The van der Waals surface area contributed by atoms with Crippen LogP contribution in [-0.2, 0) is 0 Å². The van der Waals surface area contributed by atoms with E-state index < -0.39 is 13.7 Å². The molecule has 0 bridgehead atoms. The Kier molecular flexibility index (Phi) is 2.70. The molecule has 0 atom stereocenters. The Hall–Kier alpha value is -4.17. The van der Waals surface area contributed by atoms with Crippen LogP contribution in [0.5, 0.6) is 0 Å². The van der Waals surface area contributed by atoms with Gasteiger partial charge in [-0.3, -0.25) is 4.98 Å². The highest BCUT2D eigenvalue weighted by molar-refractivity contribution is 6.28. The lowest BCUT2D eigenvalue weighted by Gasteiger charge is -2.13. The van der Waals surface area contributed by atoms with Crippen molar-refractivity contribution in [1.82, 2.24) is 4.98 Å². The van der Waals surface area contributed by atoms with Crippen LogP contribution in [0.1, 0.15) is 19.4 Å². The van der Waals surface area contributed by atoms with Crippen molar-refractivity contribution >= 4 is 54.4 Å². The van der Waals surface area contributed by atoms with Crippen molar-refractivity contribution in [3.8, 4) is 11.1 Å². The van der Waals surface area contributed by atoms with Gasteiger partial charge >= 0.3 is 0 Å². The molecule has 0 radical (unpaired) electrons. The smallest absolute Gasteiger partial charge is 0.143 e. The van der Waals surface area contributed by atoms with Gasteiger partial charge in [-0.2, -0.15) is 0 Å². The van der Waals surface area contributed by atoms with Gasteiger partial charge in [0.15, 0.2) is 0 Å². The van der Waals surface area contributed by atoms with E-state index in [1.54, 1.807) is 0 Å². The molecule has 0 saturated heterocycles. The van der Waals surface area contributed by atoms with Gasteiger partial charge < -0.3 is 4.42 Å². The molecule has 0 saturated carbocycles. The molecule has 0 spiro atoms. The number of aromatic nitrogens is 1. The molecular formula is C31H21NO. The Morgan fingerprint density at radius 2 is 1.52 bits per heavy atom. The lowest BCUT2D eigenvalue weighted by molar-refractivity contribution is 0.670. The summed E-state index contributed by atoms with van der Waals surface area (Å²) in [6.07, 6.45) is 1.20. The van der Waals surface area contributed by atoms with Crippen molar-refractivity contribution in [3.05, 3.63) is 102 Å². The molecule has 2 nitrogen and oxygen atoms in total. The van der Waals surface area contributed by atoms with Crippen LogP contribution < -0.4 is 0 Å². The quantitative estimate of drug-likeness (QED) is 0.244. The van der Waals surface area contributed by atoms with Gasteiger partial charge in [-0.25, -0.2) is 0 Å². The predicted octanol–water partition coefficient (Wildman–Crippen LogP) is 8.72. The van der Waals surface area contributed by atoms with Crippen LogP contribution in [0.4, 0.5) is 0 Å². The Morgan fingerprint density at radius 3 is 2.36 bits per heavy atom. The topological polar surface area (TPSA) is 26.0 Å². The first-order valence-corrected chi connectivity index (χ1v) is 10.8. The number of rotatable bonds is 1. The molecule has 0 aliphatic rings. The molecule has 5 aromatic carbocycles. The van der Waals surface area contributed by atoms with E-state index in [-0.39, 0.29) is 11.1 Å². The third-order valence-electron chi connectivity index (χ3n) is 6.54. The normalized spacial score (nSPS) is 15.4. The highest BCUT2D eigenvalue weighted by Crippen LogP contribution is 2.42. The van der Waals surface area contributed by atoms with Crippen LogP contribution in [0.15, 0.2) is 95.5 Å². The monoisotopic (exact) mass is 429 g/mol. The Bertz CT molecular complexity index is 2090. The minimum atomic E-state index is -2.68. The largest absolute Gasteiger partial charge is 0.455 e. The van der Waals surface area contributed by atoms with Gasteiger partial charge in [0.1, 0.15) is 11.2 Å². The fourth-order valence-corrected chi connectivity index (χ4v) is 5.02. The van der Waals surface area contributed by atoms with Crippen molar-refractivity contribution in [2.75, 3.05) is 0 Å². The summed E-state index contributed by atoms with van der Waals surface area (Å²) in [7, 11) is 0. The van der Waals surface area contributed by atoms with Crippen LogP contribution in [0, 0.1) is 13.7 Å². The minimum Gasteiger partial charge on any atom is -0.455 e. The number of fused-ring (bicyclic) bond motifs is 9. The van der Waals surface area contributed by atoms with Crippen molar-refractivity contribution in [1.29, 1.82) is 0 Å². The van der Waals surface area contributed by atoms with E-state index in [4.69, 9.17) is 12.6 Å². The van der Waals surface area contributed by atoms with E-state index in [0.717, 1.165) is 43.6 Å². The summed E-state index contributed by atoms with van der Waals surface area (Å²) in [6, 6.07) is 27.6. The molecule has 2 heteroatoms. The maximum absolute atomic E-state index is 8.37. The van der Waals surface area contributed by atoms with Crippen LogP contribution in [-0.4, -0.2) is 4.98 Å². The summed E-state index contributed by atoms with van der Waals surface area (Å²) in [5.41, 5.74) is 3.31. The third kappa shape index (κ3) is 2.52. The van der Waals surface area contributed by atoms with Gasteiger partial charge in [0.25, 0.3) is 0 Å². The van der Waals surface area contributed by atoms with E-state index >= 15 is 0 Å². The average molecular weight is 430 g/mol. The Balaban J connectivity index is 1.71. The molecule has 0 aliphatic heterocycles. The zero-order valence-electron chi connectivity index (χ0n) is 23.5. The van der Waals surface area contributed by atoms with Crippen LogP contribution >= 0.6 is 0 Å². The summed E-state index contributed by atoms with van der Waals surface area (Å²) < 4.78 is 55.8. The molecule has 0 amide bonds. The molecule has 0 unspecified atom stereocenters. The zero-order chi connectivity index (χ0) is 27.1. The number of furan rings is 1. The van der Waals surface area contributed by atoms with Crippen molar-refractivity contribution < 1.29 is 12.6 Å². The van der Waals surface area contributed by atoms with E-state index in [9.17, 15) is 0 Å². The van der Waals surface area contributed by atoms with Gasteiger partial charge in [0.2, 0.25) is 0 Å². The van der Waals surface area contributed by atoms with E-state index in [2.05, 4.69) is 4.98 Å². The van der Waals surface area contributed by atoms with Crippen LogP contribution in [0.25, 0.3) is 65.5 Å². The van der Waals surface area contributed by atoms with E-state index in [0.29, 0.717) is 21.9 Å². The molecule has 33 heavy (non-hydrogen) atoms. The van der Waals surface area contributed by atoms with Gasteiger partial charge in [0, 0.05) is 41.5 Å². The number of nitrogens with zero attached hydrogens (tertiary/aromatic N) is 1. The van der Waals surface area contributed by atoms with E-state index in [1.807, 2.05) is 84.9 Å². The number of hydrogen-bond donors (Lipinski definition) is 0. The number of hydrogen-bond acceptors (Lipinski definition) is 2. The fourth-order valence-electron chi connectivity index (χ4n) is 5.02. The summed E-state index contributed by atoms with van der Waals surface area (Å²) in [6.45, 7) is -5.32. The van der Waals surface area contributed by atoms with Crippen molar-refractivity contribution in [2.45, 2.75) is 13.7 Å². The molecule has 156 valence electrons. The second-order valence-corrected chi connectivity index (χ2v) is 8.36. The fraction of sp³-hybridized carbons (Fsp3) is 0.0645. The second kappa shape index (κ2) is 6.66. The summed E-state index contributed by atoms with van der Waals surface area (Å²) in [5.74, 6) is 0. The molecule has 2 heterocycles. The predicted molar refractivity (Wildman–Crippen MR) is 139 cm³/mol. The highest BCUT2D eigenvalue weighted by atomic mass is 16.3. The van der Waals surface area contributed by atoms with E-state index in [1.165, 1.54) is 6.20 Å². The lowest BCUT2D eigenvalue weighted by atomic mass is 9.92. The number of benzene rings is 5.